The Morgan fingerprint density at radius 2 is 1.65 bits per heavy atom. The highest BCUT2D eigenvalue weighted by Gasteiger charge is 2.25. The number of hydrogen-bond acceptors (Lipinski definition) is 2. The lowest BCUT2D eigenvalue weighted by molar-refractivity contribution is -0.129. The Kier molecular flexibility index (Phi) is 4.15. The first-order valence-corrected chi connectivity index (χ1v) is 6.25. The number of piperidine rings is 1. The molecule has 20 heavy (non-hydrogen) atoms. The molecule has 0 spiro atoms. The molecule has 1 aromatic carbocycles. The quantitative estimate of drug-likeness (QED) is 0.671. The van der Waals surface area contributed by atoms with E-state index in [2.05, 4.69) is 5.32 Å². The fourth-order valence-electron chi connectivity index (χ4n) is 2.24. The highest BCUT2D eigenvalue weighted by atomic mass is 19.2. The highest BCUT2D eigenvalue weighted by molar-refractivity contribution is 5.73. The van der Waals surface area contributed by atoms with Gasteiger partial charge in [-0.2, -0.15) is 0 Å². The maximum atomic E-state index is 13.5. The van der Waals surface area contributed by atoms with Crippen molar-refractivity contribution in [2.24, 2.45) is 0 Å². The highest BCUT2D eigenvalue weighted by Crippen LogP contribution is 2.26. The number of carbonyl (C=O) groups excluding carboxylic acids is 1. The second-order valence-corrected chi connectivity index (χ2v) is 4.77. The molecule has 1 aromatic rings. The van der Waals surface area contributed by atoms with Crippen LogP contribution in [-0.2, 0) is 4.79 Å². The maximum absolute atomic E-state index is 13.5. The van der Waals surface area contributed by atoms with Crippen molar-refractivity contribution in [1.82, 2.24) is 4.90 Å². The van der Waals surface area contributed by atoms with Gasteiger partial charge in [-0.25, -0.2) is 17.6 Å². The van der Waals surface area contributed by atoms with E-state index in [0.29, 0.717) is 25.9 Å². The topological polar surface area (TPSA) is 32.3 Å². The summed E-state index contributed by atoms with van der Waals surface area (Å²) < 4.78 is 53.1. The molecule has 0 radical (unpaired) electrons. The smallest absolute Gasteiger partial charge is 0.219 e. The summed E-state index contributed by atoms with van der Waals surface area (Å²) >= 11 is 0. The predicted octanol–water partition coefficient (Wildman–Crippen LogP) is 2.67. The molecular weight excluding hydrogens is 276 g/mol. The third kappa shape index (κ3) is 2.86. The van der Waals surface area contributed by atoms with Gasteiger partial charge in [-0.15, -0.1) is 0 Å². The Morgan fingerprint density at radius 1 is 1.15 bits per heavy atom. The molecule has 1 N–H and O–H groups in total. The second-order valence-electron chi connectivity index (χ2n) is 4.77. The van der Waals surface area contributed by atoms with Crippen molar-refractivity contribution in [2.75, 3.05) is 18.4 Å². The van der Waals surface area contributed by atoms with Gasteiger partial charge in [-0.3, -0.25) is 4.79 Å². The molecule has 1 aliphatic rings. The fourth-order valence-corrected chi connectivity index (χ4v) is 2.24. The zero-order valence-corrected chi connectivity index (χ0v) is 10.9. The van der Waals surface area contributed by atoms with Gasteiger partial charge in [-0.1, -0.05) is 0 Å². The van der Waals surface area contributed by atoms with E-state index in [-0.39, 0.29) is 18.0 Å². The van der Waals surface area contributed by atoms with Crippen LogP contribution in [0.15, 0.2) is 6.07 Å². The lowest BCUT2D eigenvalue weighted by Gasteiger charge is -2.32. The summed E-state index contributed by atoms with van der Waals surface area (Å²) in [6.07, 6.45) is 0.910. The average molecular weight is 290 g/mol. The zero-order valence-electron chi connectivity index (χ0n) is 10.9. The van der Waals surface area contributed by atoms with Crippen molar-refractivity contribution >= 4 is 11.6 Å². The van der Waals surface area contributed by atoms with Gasteiger partial charge < -0.3 is 10.2 Å². The molecule has 0 unspecified atom stereocenters. The standard InChI is InChI=1S/C13H14F4N2O/c1-7(20)19-4-2-8(3-5-19)18-13-11(16)9(14)6-10(15)12(13)17/h6,8,18H,2-5H2,1H3. The van der Waals surface area contributed by atoms with Crippen LogP contribution in [0.2, 0.25) is 0 Å². The number of anilines is 1. The monoisotopic (exact) mass is 290 g/mol. The molecule has 0 saturated carbocycles. The molecule has 0 atom stereocenters. The Bertz CT molecular complexity index is 501. The Morgan fingerprint density at radius 3 is 2.10 bits per heavy atom. The molecule has 1 amide bonds. The van der Waals surface area contributed by atoms with Crippen LogP contribution in [0, 0.1) is 23.3 Å². The summed E-state index contributed by atoms with van der Waals surface area (Å²) in [5.41, 5.74) is -0.788. The first kappa shape index (κ1) is 14.6. The summed E-state index contributed by atoms with van der Waals surface area (Å²) in [5, 5.41) is 2.49. The van der Waals surface area contributed by atoms with E-state index in [4.69, 9.17) is 0 Å². The molecule has 3 nitrogen and oxygen atoms in total. The van der Waals surface area contributed by atoms with Crippen LogP contribution >= 0.6 is 0 Å². The van der Waals surface area contributed by atoms with Gasteiger partial charge in [-0.05, 0) is 12.8 Å². The van der Waals surface area contributed by atoms with Gasteiger partial charge in [0.1, 0.15) is 5.69 Å². The van der Waals surface area contributed by atoms with Crippen LogP contribution in [-0.4, -0.2) is 29.9 Å². The number of halogens is 4. The zero-order chi connectivity index (χ0) is 14.9. The van der Waals surface area contributed by atoms with Gasteiger partial charge in [0.25, 0.3) is 0 Å². The van der Waals surface area contributed by atoms with Crippen molar-refractivity contribution in [3.05, 3.63) is 29.3 Å². The van der Waals surface area contributed by atoms with E-state index in [1.54, 1.807) is 4.90 Å². The minimum Gasteiger partial charge on any atom is -0.377 e. The van der Waals surface area contributed by atoms with Crippen molar-refractivity contribution in [3.63, 3.8) is 0 Å². The molecule has 1 heterocycles. The Balaban J connectivity index is 2.10. The van der Waals surface area contributed by atoms with E-state index >= 15 is 0 Å². The normalized spacial score (nSPS) is 16.4. The summed E-state index contributed by atoms with van der Waals surface area (Å²) in [6, 6.07) is -0.162. The third-order valence-corrected chi connectivity index (χ3v) is 3.40. The molecule has 1 aliphatic heterocycles. The largest absolute Gasteiger partial charge is 0.377 e. The number of benzene rings is 1. The second kappa shape index (κ2) is 5.68. The van der Waals surface area contributed by atoms with E-state index < -0.39 is 29.0 Å². The summed E-state index contributed by atoms with van der Waals surface area (Å²) in [6.45, 7) is 2.32. The molecule has 2 rings (SSSR count). The predicted molar refractivity (Wildman–Crippen MR) is 65.2 cm³/mol. The van der Waals surface area contributed by atoms with Crippen LogP contribution in [0.25, 0.3) is 0 Å². The molecule has 110 valence electrons. The van der Waals surface area contributed by atoms with Crippen LogP contribution in [0.3, 0.4) is 0 Å². The van der Waals surface area contributed by atoms with E-state index in [1.807, 2.05) is 0 Å². The Labute approximate surface area is 113 Å². The van der Waals surface area contributed by atoms with Gasteiger partial charge in [0.05, 0.1) is 0 Å². The molecule has 7 heteroatoms. The molecule has 1 saturated heterocycles. The SMILES string of the molecule is CC(=O)N1CCC(Nc2c(F)c(F)cc(F)c2F)CC1. The van der Waals surface area contributed by atoms with Gasteiger partial charge in [0, 0.05) is 32.1 Å². The minimum absolute atomic E-state index is 0.0717. The van der Waals surface area contributed by atoms with Crippen LogP contribution in [0.5, 0.6) is 0 Å². The first-order valence-electron chi connectivity index (χ1n) is 6.25. The maximum Gasteiger partial charge on any atom is 0.219 e. The molecule has 0 bridgehead atoms. The van der Waals surface area contributed by atoms with Gasteiger partial charge in [0.2, 0.25) is 5.91 Å². The van der Waals surface area contributed by atoms with E-state index in [0.717, 1.165) is 0 Å². The number of rotatable bonds is 2. The molecule has 0 aliphatic carbocycles. The summed E-state index contributed by atoms with van der Waals surface area (Å²) in [4.78, 5) is 12.8. The summed E-state index contributed by atoms with van der Waals surface area (Å²) in [7, 11) is 0. The van der Waals surface area contributed by atoms with Crippen molar-refractivity contribution in [2.45, 2.75) is 25.8 Å². The molecular formula is C13H14F4N2O. The van der Waals surface area contributed by atoms with Crippen LogP contribution < -0.4 is 5.32 Å². The van der Waals surface area contributed by atoms with Crippen LogP contribution in [0.1, 0.15) is 19.8 Å². The van der Waals surface area contributed by atoms with Crippen LogP contribution in [0.4, 0.5) is 23.2 Å². The number of nitrogens with one attached hydrogen (secondary N) is 1. The lowest BCUT2D eigenvalue weighted by Crippen LogP contribution is -2.41. The Hall–Kier alpha value is -1.79. The van der Waals surface area contributed by atoms with E-state index in [1.165, 1.54) is 6.92 Å². The average Bonchev–Trinajstić information content (AvgIpc) is 2.42. The number of nitrogens with zero attached hydrogens (tertiary/aromatic N) is 1. The van der Waals surface area contributed by atoms with Gasteiger partial charge >= 0.3 is 0 Å². The third-order valence-electron chi connectivity index (χ3n) is 3.40. The fraction of sp³-hybridized carbons (Fsp3) is 0.462. The number of hydrogen-bond donors (Lipinski definition) is 1. The number of carbonyl (C=O) groups is 1. The first-order chi connectivity index (χ1) is 9.40. The van der Waals surface area contributed by atoms with Crippen molar-refractivity contribution < 1.29 is 22.4 Å². The van der Waals surface area contributed by atoms with Crippen molar-refractivity contribution in [3.8, 4) is 0 Å². The van der Waals surface area contributed by atoms with Gasteiger partial charge in [0.15, 0.2) is 23.3 Å². The number of likely N-dealkylation sites (tertiary alicyclic amines) is 1. The lowest BCUT2D eigenvalue weighted by atomic mass is 10.0. The molecule has 1 fully saturated rings. The minimum atomic E-state index is -1.44. The summed E-state index contributed by atoms with van der Waals surface area (Å²) in [5.74, 6) is -5.81. The van der Waals surface area contributed by atoms with E-state index in [9.17, 15) is 22.4 Å². The van der Waals surface area contributed by atoms with Crippen molar-refractivity contribution in [1.29, 1.82) is 0 Å². The number of amides is 1. The molecule has 0 aromatic heterocycles.